The lowest BCUT2D eigenvalue weighted by Crippen LogP contribution is -2.46. The number of amides is 1. The molecule has 0 rings (SSSR count). The molecule has 3 unspecified atom stereocenters. The van der Waals surface area contributed by atoms with Crippen LogP contribution in [0.3, 0.4) is 0 Å². The van der Waals surface area contributed by atoms with E-state index in [2.05, 4.69) is 38.2 Å². The van der Waals surface area contributed by atoms with Crippen molar-refractivity contribution < 1.29 is 24.5 Å². The summed E-state index contributed by atoms with van der Waals surface area (Å²) in [5.41, 5.74) is 0. The number of carbonyl (C=O) groups excluding carboxylic acids is 2. The predicted octanol–water partition coefficient (Wildman–Crippen LogP) is 14.8. The molecule has 6 heteroatoms. The molecule has 0 saturated carbocycles. The molecule has 0 aromatic carbocycles. The number of nitrogens with one attached hydrogen (secondary N) is 1. The number of allylic oxidation sites excluding steroid dienone is 10. The van der Waals surface area contributed by atoms with E-state index >= 15 is 0 Å². The minimum absolute atomic E-state index is 0.0296. The van der Waals surface area contributed by atoms with Gasteiger partial charge in [0.05, 0.1) is 25.2 Å². The first kappa shape index (κ1) is 56.6. The molecule has 0 saturated heterocycles. The van der Waals surface area contributed by atoms with E-state index in [1.807, 2.05) is 48.6 Å². The third-order valence-corrected chi connectivity index (χ3v) is 11.2. The Morgan fingerprint density at radius 1 is 0.508 bits per heavy atom. The second kappa shape index (κ2) is 46.6. The zero-order chi connectivity index (χ0) is 43.1. The Labute approximate surface area is 365 Å². The Morgan fingerprint density at radius 3 is 1.36 bits per heavy atom. The summed E-state index contributed by atoms with van der Waals surface area (Å²) in [5.74, 6) is -0.542. The Morgan fingerprint density at radius 2 is 0.915 bits per heavy atom. The molecule has 3 atom stereocenters. The molecular weight excluding hydrogens is 731 g/mol. The molecule has 1 amide bonds. The Balaban J connectivity index is 4.67. The van der Waals surface area contributed by atoms with Crippen LogP contribution in [0.1, 0.15) is 239 Å². The molecule has 0 fully saturated rings. The molecule has 0 heterocycles. The maximum atomic E-state index is 13.2. The summed E-state index contributed by atoms with van der Waals surface area (Å²) in [6.45, 7) is 6.32. The molecule has 0 spiro atoms. The van der Waals surface area contributed by atoms with E-state index in [0.29, 0.717) is 19.3 Å². The average molecular weight is 826 g/mol. The van der Waals surface area contributed by atoms with Gasteiger partial charge in [0, 0.05) is 6.42 Å². The van der Waals surface area contributed by atoms with Gasteiger partial charge in [-0.25, -0.2) is 0 Å². The molecule has 0 aromatic rings. The van der Waals surface area contributed by atoms with Crippen molar-refractivity contribution in [3.05, 3.63) is 60.8 Å². The summed E-state index contributed by atoms with van der Waals surface area (Å²) in [4.78, 5) is 26.1. The molecule has 0 aliphatic rings. The monoisotopic (exact) mass is 826 g/mol. The quantitative estimate of drug-likeness (QED) is 0.0323. The van der Waals surface area contributed by atoms with Gasteiger partial charge in [0.2, 0.25) is 5.91 Å². The van der Waals surface area contributed by atoms with Crippen LogP contribution in [0.4, 0.5) is 0 Å². The normalized spacial score (nSPS) is 13.8. The van der Waals surface area contributed by atoms with E-state index in [1.165, 1.54) is 135 Å². The third kappa shape index (κ3) is 42.1. The topological polar surface area (TPSA) is 95.9 Å². The lowest BCUT2D eigenvalue weighted by molar-refractivity contribution is -0.151. The molecule has 6 nitrogen and oxygen atoms in total. The molecule has 0 aromatic heterocycles. The Hall–Kier alpha value is -2.44. The summed E-state index contributed by atoms with van der Waals surface area (Å²) in [6, 6.07) is -0.723. The first-order valence-electron chi connectivity index (χ1n) is 25.1. The number of hydrogen-bond acceptors (Lipinski definition) is 5. The van der Waals surface area contributed by atoms with Crippen LogP contribution in [0.5, 0.6) is 0 Å². The Kier molecular flexibility index (Phi) is 44.7. The molecule has 3 N–H and O–H groups in total. The van der Waals surface area contributed by atoms with Crippen molar-refractivity contribution >= 4 is 11.9 Å². The van der Waals surface area contributed by atoms with Crippen LogP contribution < -0.4 is 5.32 Å². The molecule has 0 aliphatic heterocycles. The smallest absolute Gasteiger partial charge is 0.306 e. The number of rotatable bonds is 44. The number of aliphatic hydroxyl groups is 2. The highest BCUT2D eigenvalue weighted by Gasteiger charge is 2.24. The van der Waals surface area contributed by atoms with E-state index in [0.717, 1.165) is 57.8 Å². The van der Waals surface area contributed by atoms with Crippen LogP contribution in [-0.2, 0) is 14.3 Å². The molecule has 59 heavy (non-hydrogen) atoms. The summed E-state index contributed by atoms with van der Waals surface area (Å²) in [6.07, 6.45) is 57.1. The van der Waals surface area contributed by atoms with Gasteiger partial charge < -0.3 is 20.3 Å². The zero-order valence-corrected chi connectivity index (χ0v) is 38.9. The lowest BCUT2D eigenvalue weighted by Gasteiger charge is -2.24. The number of carbonyl (C=O) groups is 2. The van der Waals surface area contributed by atoms with Crippen molar-refractivity contribution in [2.75, 3.05) is 6.61 Å². The maximum Gasteiger partial charge on any atom is 0.306 e. The van der Waals surface area contributed by atoms with Gasteiger partial charge in [-0.3, -0.25) is 9.59 Å². The number of aliphatic hydroxyl groups excluding tert-OH is 2. The predicted molar refractivity (Wildman–Crippen MR) is 255 cm³/mol. The first-order chi connectivity index (χ1) is 29.0. The molecule has 0 radical (unpaired) electrons. The number of unbranched alkanes of at least 4 members (excludes halogenated alkanes) is 26. The van der Waals surface area contributed by atoms with Gasteiger partial charge in [0.25, 0.3) is 0 Å². The summed E-state index contributed by atoms with van der Waals surface area (Å²) >= 11 is 0. The van der Waals surface area contributed by atoms with E-state index in [1.54, 1.807) is 0 Å². The van der Waals surface area contributed by atoms with Crippen molar-refractivity contribution in [3.8, 4) is 0 Å². The van der Waals surface area contributed by atoms with Gasteiger partial charge in [-0.2, -0.15) is 0 Å². The van der Waals surface area contributed by atoms with E-state index in [9.17, 15) is 19.8 Å². The van der Waals surface area contributed by atoms with Crippen molar-refractivity contribution in [2.45, 2.75) is 257 Å². The maximum absolute atomic E-state index is 13.2. The summed E-state index contributed by atoms with van der Waals surface area (Å²) in [7, 11) is 0. The largest absolute Gasteiger partial charge is 0.462 e. The molecule has 0 bridgehead atoms. The minimum atomic E-state index is -0.806. The summed E-state index contributed by atoms with van der Waals surface area (Å²) in [5, 5.41) is 23.7. The lowest BCUT2D eigenvalue weighted by atomic mass is 10.0. The van der Waals surface area contributed by atoms with Gasteiger partial charge in [-0.1, -0.05) is 248 Å². The van der Waals surface area contributed by atoms with E-state index < -0.39 is 18.2 Å². The number of hydrogen-bond donors (Lipinski definition) is 3. The number of esters is 1. The highest BCUT2D eigenvalue weighted by atomic mass is 16.5. The fourth-order valence-electron chi connectivity index (χ4n) is 7.46. The van der Waals surface area contributed by atoms with Crippen molar-refractivity contribution in [1.82, 2.24) is 5.32 Å². The van der Waals surface area contributed by atoms with Gasteiger partial charge in [0.1, 0.15) is 6.10 Å². The van der Waals surface area contributed by atoms with Gasteiger partial charge in [-0.05, 0) is 38.5 Å². The van der Waals surface area contributed by atoms with E-state index in [4.69, 9.17) is 4.74 Å². The van der Waals surface area contributed by atoms with Crippen LogP contribution in [0.2, 0.25) is 0 Å². The standard InChI is InChI=1S/C53H95NO5/c1-4-7-10-13-16-19-22-25-28-31-34-37-40-43-46-53(58)59-49(44-41-38-35-32-29-26-23-20-17-14-11-8-5-2)47-52(57)54-50(48-55)51(56)45-42-39-36-33-30-27-24-21-18-15-12-9-6-3/h8,11,14,17,20,23,26,29,32,35,49-51,55-56H,4-7,9-10,12-13,15-16,18-19,21-22,24-25,27-28,30-31,33-34,36-48H2,1-3H3,(H,54,57)/b11-8+,17-14+,23-20-,29-26-,35-32+. The molecular formula is C53H95NO5. The van der Waals surface area contributed by atoms with Gasteiger partial charge >= 0.3 is 5.97 Å². The third-order valence-electron chi connectivity index (χ3n) is 11.2. The van der Waals surface area contributed by atoms with Crippen molar-refractivity contribution in [2.24, 2.45) is 0 Å². The van der Waals surface area contributed by atoms with Crippen molar-refractivity contribution in [1.29, 1.82) is 0 Å². The molecule has 342 valence electrons. The number of ether oxygens (including phenoxy) is 1. The highest BCUT2D eigenvalue weighted by molar-refractivity contribution is 5.77. The van der Waals surface area contributed by atoms with Crippen LogP contribution >= 0.6 is 0 Å². The fraction of sp³-hybridized carbons (Fsp3) is 0.774. The second-order valence-corrected chi connectivity index (χ2v) is 17.0. The SMILES string of the molecule is CC/C=C/C=C/C=C\C=C/C=C/CCCC(CC(=O)NC(CO)C(O)CCCCCCCCCCCCCCC)OC(=O)CCCCCCCCCCCCCCCC. The van der Waals surface area contributed by atoms with Crippen LogP contribution in [0.25, 0.3) is 0 Å². The minimum Gasteiger partial charge on any atom is -0.462 e. The molecule has 0 aliphatic carbocycles. The van der Waals surface area contributed by atoms with Crippen LogP contribution in [0, 0.1) is 0 Å². The fourth-order valence-corrected chi connectivity index (χ4v) is 7.46. The van der Waals surface area contributed by atoms with Crippen molar-refractivity contribution in [3.63, 3.8) is 0 Å². The second-order valence-electron chi connectivity index (χ2n) is 17.0. The average Bonchev–Trinajstić information content (AvgIpc) is 3.23. The summed E-state index contributed by atoms with van der Waals surface area (Å²) < 4.78 is 5.89. The van der Waals surface area contributed by atoms with Crippen LogP contribution in [0.15, 0.2) is 60.8 Å². The van der Waals surface area contributed by atoms with Gasteiger partial charge in [0.15, 0.2) is 0 Å². The Bertz CT molecular complexity index is 1060. The first-order valence-corrected chi connectivity index (χ1v) is 25.1. The van der Waals surface area contributed by atoms with E-state index in [-0.39, 0.29) is 24.9 Å². The van der Waals surface area contributed by atoms with Crippen LogP contribution in [-0.4, -0.2) is 46.9 Å². The zero-order valence-electron chi connectivity index (χ0n) is 38.9. The van der Waals surface area contributed by atoms with Gasteiger partial charge in [-0.15, -0.1) is 0 Å². The highest BCUT2D eigenvalue weighted by Crippen LogP contribution is 2.17.